The van der Waals surface area contributed by atoms with E-state index in [1.807, 2.05) is 11.5 Å². The first-order valence-corrected chi connectivity index (χ1v) is 6.25. The quantitative estimate of drug-likeness (QED) is 0.368. The number of aliphatic hydroxyl groups is 1. The van der Waals surface area contributed by atoms with Crippen LogP contribution in [-0.2, 0) is 9.53 Å². The Morgan fingerprint density at radius 3 is 2.78 bits per heavy atom. The molecule has 0 bridgehead atoms. The number of thiocyanates is 1. The van der Waals surface area contributed by atoms with Gasteiger partial charge in [-0.3, -0.25) is 0 Å². The molecule has 1 aromatic carbocycles. The van der Waals surface area contributed by atoms with E-state index in [-0.39, 0.29) is 12.2 Å². The molecular formula is C13H13NO3S. The van der Waals surface area contributed by atoms with Gasteiger partial charge >= 0.3 is 5.97 Å². The van der Waals surface area contributed by atoms with Crippen molar-refractivity contribution in [2.75, 3.05) is 12.4 Å². The number of carbonyl (C=O) groups is 1. The summed E-state index contributed by atoms with van der Waals surface area (Å²) in [4.78, 5) is 11.5. The van der Waals surface area contributed by atoms with Crippen molar-refractivity contribution in [1.82, 2.24) is 0 Å². The van der Waals surface area contributed by atoms with Crippen LogP contribution in [0.3, 0.4) is 0 Å². The summed E-state index contributed by atoms with van der Waals surface area (Å²) in [5.41, 5.74) is 0.578. The number of nitriles is 1. The van der Waals surface area contributed by atoms with Gasteiger partial charge in [0.15, 0.2) is 0 Å². The molecule has 94 valence electrons. The fourth-order valence-electron chi connectivity index (χ4n) is 1.26. The van der Waals surface area contributed by atoms with Gasteiger partial charge in [-0.25, -0.2) is 4.79 Å². The second-order valence-electron chi connectivity index (χ2n) is 3.41. The van der Waals surface area contributed by atoms with Crippen molar-refractivity contribution in [2.45, 2.75) is 6.10 Å². The first-order chi connectivity index (χ1) is 8.66. The molecule has 0 saturated carbocycles. The molecule has 18 heavy (non-hydrogen) atoms. The molecule has 0 aliphatic heterocycles. The van der Waals surface area contributed by atoms with Crippen molar-refractivity contribution in [3.63, 3.8) is 0 Å². The third-order valence-corrected chi connectivity index (χ3v) is 2.69. The van der Waals surface area contributed by atoms with Gasteiger partial charge in [-0.2, -0.15) is 5.26 Å². The van der Waals surface area contributed by atoms with E-state index in [4.69, 9.17) is 10.00 Å². The van der Waals surface area contributed by atoms with E-state index in [1.165, 1.54) is 0 Å². The van der Waals surface area contributed by atoms with Crippen LogP contribution in [0.4, 0.5) is 0 Å². The topological polar surface area (TPSA) is 70.3 Å². The van der Waals surface area contributed by atoms with E-state index in [0.29, 0.717) is 11.3 Å². The van der Waals surface area contributed by atoms with Crippen LogP contribution in [0.1, 0.15) is 11.7 Å². The Morgan fingerprint density at radius 2 is 2.17 bits per heavy atom. The maximum absolute atomic E-state index is 11.5. The number of hydrogen-bond donors (Lipinski definition) is 1. The summed E-state index contributed by atoms with van der Waals surface area (Å²) in [6.07, 6.45) is -1.07. The molecule has 0 aliphatic carbocycles. The Morgan fingerprint density at radius 1 is 1.50 bits per heavy atom. The molecule has 1 rings (SSSR count). The van der Waals surface area contributed by atoms with Gasteiger partial charge in [0.2, 0.25) is 0 Å². The van der Waals surface area contributed by atoms with Crippen LogP contribution in [0, 0.1) is 10.7 Å². The number of nitrogens with zero attached hydrogens (tertiary/aromatic N) is 1. The molecule has 0 aromatic heterocycles. The van der Waals surface area contributed by atoms with Crippen molar-refractivity contribution < 1.29 is 14.6 Å². The van der Waals surface area contributed by atoms with E-state index >= 15 is 0 Å². The zero-order valence-electron chi connectivity index (χ0n) is 9.70. The summed E-state index contributed by atoms with van der Waals surface area (Å²) in [6.45, 7) is 3.66. The Hall–Kier alpha value is -1.77. The average Bonchev–Trinajstić information content (AvgIpc) is 2.42. The number of rotatable bonds is 6. The maximum atomic E-state index is 11.5. The molecule has 0 radical (unpaired) electrons. The average molecular weight is 263 g/mol. The van der Waals surface area contributed by atoms with Crippen LogP contribution in [0.2, 0.25) is 0 Å². The zero-order chi connectivity index (χ0) is 13.4. The van der Waals surface area contributed by atoms with Crippen LogP contribution < -0.4 is 0 Å². The van der Waals surface area contributed by atoms with E-state index in [2.05, 4.69) is 6.58 Å². The van der Waals surface area contributed by atoms with Crippen molar-refractivity contribution in [3.05, 3.63) is 48.0 Å². The SMILES string of the molecule is C=C(C(=O)OCCSC#N)C(O)c1ccccc1. The van der Waals surface area contributed by atoms with Gasteiger partial charge in [-0.15, -0.1) is 0 Å². The molecule has 0 heterocycles. The molecule has 0 amide bonds. The fourth-order valence-corrected chi connectivity index (χ4v) is 1.52. The number of aliphatic hydroxyl groups excluding tert-OH is 1. The standard InChI is InChI=1S/C13H13NO3S/c1-10(13(16)17-7-8-18-9-14)12(15)11-5-3-2-4-6-11/h2-6,12,15H,1,7-8H2. The lowest BCUT2D eigenvalue weighted by atomic mass is 10.0. The van der Waals surface area contributed by atoms with Crippen LogP contribution in [0.25, 0.3) is 0 Å². The molecule has 1 N–H and O–H groups in total. The second-order valence-corrected chi connectivity index (χ2v) is 4.29. The maximum Gasteiger partial charge on any atom is 0.336 e. The molecule has 5 heteroatoms. The van der Waals surface area contributed by atoms with Gasteiger partial charge < -0.3 is 9.84 Å². The van der Waals surface area contributed by atoms with E-state index in [1.54, 1.807) is 24.3 Å². The van der Waals surface area contributed by atoms with Crippen LogP contribution in [0.15, 0.2) is 42.5 Å². The lowest BCUT2D eigenvalue weighted by Gasteiger charge is -2.13. The monoisotopic (exact) mass is 263 g/mol. The molecule has 0 saturated heterocycles. The first kappa shape index (κ1) is 14.3. The van der Waals surface area contributed by atoms with E-state index < -0.39 is 12.1 Å². The van der Waals surface area contributed by atoms with Crippen LogP contribution >= 0.6 is 11.8 Å². The highest BCUT2D eigenvalue weighted by molar-refractivity contribution is 8.03. The smallest absolute Gasteiger partial charge is 0.336 e. The zero-order valence-corrected chi connectivity index (χ0v) is 10.5. The number of carbonyl (C=O) groups excluding carboxylic acids is 1. The van der Waals surface area contributed by atoms with Crippen LogP contribution in [-0.4, -0.2) is 23.4 Å². The summed E-state index contributed by atoms with van der Waals surface area (Å²) in [5, 5.41) is 20.1. The summed E-state index contributed by atoms with van der Waals surface area (Å²) in [5.74, 6) is -0.248. The molecule has 4 nitrogen and oxygen atoms in total. The summed E-state index contributed by atoms with van der Waals surface area (Å²) < 4.78 is 4.88. The Kier molecular flexibility index (Phi) is 5.98. The molecular weight excluding hydrogens is 250 g/mol. The fraction of sp³-hybridized carbons (Fsp3) is 0.231. The molecule has 1 unspecified atom stereocenters. The van der Waals surface area contributed by atoms with Gasteiger partial charge in [-0.05, 0) is 17.3 Å². The predicted octanol–water partition coefficient (Wildman–Crippen LogP) is 2.03. The van der Waals surface area contributed by atoms with Crippen molar-refractivity contribution in [1.29, 1.82) is 5.26 Å². The Labute approximate surface area is 110 Å². The molecule has 1 aromatic rings. The predicted molar refractivity (Wildman–Crippen MR) is 69.6 cm³/mol. The van der Waals surface area contributed by atoms with Gasteiger partial charge in [0.1, 0.15) is 18.1 Å². The highest BCUT2D eigenvalue weighted by Gasteiger charge is 2.19. The first-order valence-electron chi connectivity index (χ1n) is 5.26. The third kappa shape index (κ3) is 4.24. The highest BCUT2D eigenvalue weighted by Crippen LogP contribution is 2.20. The lowest BCUT2D eigenvalue weighted by molar-refractivity contribution is -0.139. The minimum atomic E-state index is -1.07. The number of benzene rings is 1. The van der Waals surface area contributed by atoms with Gasteiger partial charge in [0.05, 0.1) is 5.57 Å². The third-order valence-electron chi connectivity index (χ3n) is 2.19. The van der Waals surface area contributed by atoms with Crippen molar-refractivity contribution >= 4 is 17.7 Å². The number of hydrogen-bond acceptors (Lipinski definition) is 5. The van der Waals surface area contributed by atoms with E-state index in [0.717, 1.165) is 11.8 Å². The molecule has 0 spiro atoms. The summed E-state index contributed by atoms with van der Waals surface area (Å²) in [6, 6.07) is 8.75. The number of esters is 1. The lowest BCUT2D eigenvalue weighted by Crippen LogP contribution is -2.15. The minimum Gasteiger partial charge on any atom is -0.461 e. The minimum absolute atomic E-state index is 0.0110. The van der Waals surface area contributed by atoms with Gasteiger partial charge in [0, 0.05) is 5.75 Å². The highest BCUT2D eigenvalue weighted by atomic mass is 32.2. The van der Waals surface area contributed by atoms with E-state index in [9.17, 15) is 9.90 Å². The van der Waals surface area contributed by atoms with Gasteiger partial charge in [-0.1, -0.05) is 36.9 Å². The van der Waals surface area contributed by atoms with Gasteiger partial charge in [0.25, 0.3) is 0 Å². The molecule has 0 aliphatic rings. The normalized spacial score (nSPS) is 11.3. The number of thioether (sulfide) groups is 1. The summed E-state index contributed by atoms with van der Waals surface area (Å²) in [7, 11) is 0. The Balaban J connectivity index is 2.49. The van der Waals surface area contributed by atoms with Crippen molar-refractivity contribution in [2.24, 2.45) is 0 Å². The molecule has 0 fully saturated rings. The summed E-state index contributed by atoms with van der Waals surface area (Å²) >= 11 is 1.00. The Bertz CT molecular complexity index is 453. The van der Waals surface area contributed by atoms with Crippen molar-refractivity contribution in [3.8, 4) is 5.40 Å². The number of ether oxygens (including phenoxy) is 1. The van der Waals surface area contributed by atoms with Crippen LogP contribution in [0.5, 0.6) is 0 Å². The second kappa shape index (κ2) is 7.54. The largest absolute Gasteiger partial charge is 0.461 e. The molecule has 1 atom stereocenters.